The lowest BCUT2D eigenvalue weighted by Crippen LogP contribution is -1.94. The highest BCUT2D eigenvalue weighted by Gasteiger charge is 2.13. The number of nitrogens with zero attached hydrogens (tertiary/aromatic N) is 1. The number of halogens is 4. The molecule has 0 aliphatic rings. The third-order valence-electron chi connectivity index (χ3n) is 1.37. The molecule has 0 saturated carbocycles. The van der Waals surface area contributed by atoms with Gasteiger partial charge in [-0.05, 0) is 6.07 Å². The molecule has 0 unspecified atom stereocenters. The highest BCUT2D eigenvalue weighted by Crippen LogP contribution is 2.25. The number of pyridine rings is 1. The molecule has 0 amide bonds. The van der Waals surface area contributed by atoms with E-state index in [1.54, 1.807) is 0 Å². The van der Waals surface area contributed by atoms with Gasteiger partial charge in [-0.1, -0.05) is 11.6 Å². The molecule has 1 aromatic rings. The fourth-order valence-electron chi connectivity index (χ4n) is 0.787. The van der Waals surface area contributed by atoms with Crippen molar-refractivity contribution in [2.24, 2.45) is 0 Å². The molecule has 0 aliphatic carbocycles. The standard InChI is InChI=1S/C7H5ClF3N/c8-6-1-5(7(10)11)4(2-9)3-12-6/h1,3,7H,2H2. The van der Waals surface area contributed by atoms with Crippen LogP contribution in [0.1, 0.15) is 17.6 Å². The largest absolute Gasteiger partial charge is 0.264 e. The van der Waals surface area contributed by atoms with Crippen molar-refractivity contribution in [3.63, 3.8) is 0 Å². The molecule has 0 saturated heterocycles. The summed E-state index contributed by atoms with van der Waals surface area (Å²) in [5.74, 6) is 0. The Bertz CT molecular complexity index is 277. The Hall–Kier alpha value is -0.770. The van der Waals surface area contributed by atoms with Gasteiger partial charge in [0.15, 0.2) is 0 Å². The first-order chi connectivity index (χ1) is 5.65. The number of rotatable bonds is 2. The highest BCUT2D eigenvalue weighted by atomic mass is 35.5. The van der Waals surface area contributed by atoms with E-state index in [2.05, 4.69) is 4.98 Å². The first-order valence-corrected chi connectivity index (χ1v) is 3.51. The fourth-order valence-corrected chi connectivity index (χ4v) is 0.954. The van der Waals surface area contributed by atoms with Crippen molar-refractivity contribution < 1.29 is 13.2 Å². The maximum Gasteiger partial charge on any atom is 0.264 e. The summed E-state index contributed by atoms with van der Waals surface area (Å²) in [6, 6.07) is 0.973. The van der Waals surface area contributed by atoms with Gasteiger partial charge in [0, 0.05) is 17.3 Å². The molecule has 0 fully saturated rings. The van der Waals surface area contributed by atoms with E-state index < -0.39 is 18.7 Å². The Kier molecular flexibility index (Phi) is 2.92. The zero-order valence-electron chi connectivity index (χ0n) is 5.90. The average Bonchev–Trinajstić information content (AvgIpc) is 2.04. The first-order valence-electron chi connectivity index (χ1n) is 3.13. The Morgan fingerprint density at radius 3 is 2.67 bits per heavy atom. The number of alkyl halides is 3. The average molecular weight is 196 g/mol. The summed E-state index contributed by atoms with van der Waals surface area (Å²) in [6.45, 7) is -0.955. The quantitative estimate of drug-likeness (QED) is 0.661. The van der Waals surface area contributed by atoms with Crippen molar-refractivity contribution in [2.75, 3.05) is 0 Å². The molecular formula is C7H5ClF3N. The van der Waals surface area contributed by atoms with Gasteiger partial charge >= 0.3 is 0 Å². The second kappa shape index (κ2) is 3.76. The van der Waals surface area contributed by atoms with Gasteiger partial charge in [0.1, 0.15) is 11.8 Å². The third kappa shape index (κ3) is 1.88. The number of hydrogen-bond acceptors (Lipinski definition) is 1. The summed E-state index contributed by atoms with van der Waals surface area (Å²) in [5, 5.41) is -0.0532. The van der Waals surface area contributed by atoms with Crippen LogP contribution in [-0.4, -0.2) is 4.98 Å². The number of hydrogen-bond donors (Lipinski definition) is 0. The molecule has 0 atom stereocenters. The smallest absolute Gasteiger partial charge is 0.246 e. The lowest BCUT2D eigenvalue weighted by Gasteiger charge is -2.04. The molecule has 12 heavy (non-hydrogen) atoms. The van der Waals surface area contributed by atoms with Crippen LogP contribution in [0.3, 0.4) is 0 Å². The minimum Gasteiger partial charge on any atom is -0.246 e. The second-order valence-corrected chi connectivity index (χ2v) is 2.53. The molecule has 0 radical (unpaired) electrons. The van der Waals surface area contributed by atoms with Gasteiger partial charge in [-0.2, -0.15) is 0 Å². The van der Waals surface area contributed by atoms with Crippen LogP contribution in [0.5, 0.6) is 0 Å². The molecule has 1 aromatic heterocycles. The molecule has 66 valence electrons. The molecular weight excluding hydrogens is 191 g/mol. The van der Waals surface area contributed by atoms with Crippen LogP contribution in [0.25, 0.3) is 0 Å². The molecule has 5 heteroatoms. The van der Waals surface area contributed by atoms with E-state index in [4.69, 9.17) is 11.6 Å². The van der Waals surface area contributed by atoms with Crippen molar-refractivity contribution in [2.45, 2.75) is 13.1 Å². The van der Waals surface area contributed by atoms with Crippen LogP contribution in [-0.2, 0) is 6.67 Å². The summed E-state index contributed by atoms with van der Waals surface area (Å²) in [7, 11) is 0. The summed E-state index contributed by atoms with van der Waals surface area (Å²) >= 11 is 5.35. The van der Waals surface area contributed by atoms with Crippen LogP contribution in [0.15, 0.2) is 12.3 Å². The summed E-state index contributed by atoms with van der Waals surface area (Å²) in [5.41, 5.74) is -0.507. The van der Waals surface area contributed by atoms with Crippen molar-refractivity contribution >= 4 is 11.6 Å². The fraction of sp³-hybridized carbons (Fsp3) is 0.286. The van der Waals surface area contributed by atoms with E-state index in [-0.39, 0.29) is 10.7 Å². The Labute approximate surface area is 72.2 Å². The Morgan fingerprint density at radius 1 is 1.50 bits per heavy atom. The molecule has 0 spiro atoms. The maximum atomic E-state index is 12.1. The third-order valence-corrected chi connectivity index (χ3v) is 1.57. The van der Waals surface area contributed by atoms with E-state index in [0.717, 1.165) is 12.3 Å². The van der Waals surface area contributed by atoms with E-state index in [9.17, 15) is 13.2 Å². The van der Waals surface area contributed by atoms with Gasteiger partial charge < -0.3 is 0 Å². The van der Waals surface area contributed by atoms with Gasteiger partial charge in [0.05, 0.1) is 0 Å². The minimum absolute atomic E-state index is 0.0532. The van der Waals surface area contributed by atoms with Gasteiger partial charge in [-0.15, -0.1) is 0 Å². The van der Waals surface area contributed by atoms with Gasteiger partial charge in [-0.3, -0.25) is 0 Å². The Balaban J connectivity index is 3.12. The van der Waals surface area contributed by atoms with E-state index in [1.807, 2.05) is 0 Å². The molecule has 0 N–H and O–H groups in total. The number of aromatic nitrogens is 1. The van der Waals surface area contributed by atoms with E-state index in [0.29, 0.717) is 0 Å². The molecule has 1 rings (SSSR count). The SMILES string of the molecule is FCc1cnc(Cl)cc1C(F)F. The first kappa shape index (κ1) is 9.32. The predicted octanol–water partition coefficient (Wildman–Crippen LogP) is 3.14. The molecule has 0 aromatic carbocycles. The zero-order valence-corrected chi connectivity index (χ0v) is 6.65. The van der Waals surface area contributed by atoms with Crippen LogP contribution in [0.2, 0.25) is 5.15 Å². The van der Waals surface area contributed by atoms with Crippen molar-refractivity contribution in [3.05, 3.63) is 28.5 Å². The van der Waals surface area contributed by atoms with E-state index in [1.165, 1.54) is 0 Å². The molecule has 1 heterocycles. The Morgan fingerprint density at radius 2 is 2.17 bits per heavy atom. The molecule has 0 bridgehead atoms. The topological polar surface area (TPSA) is 12.9 Å². The highest BCUT2D eigenvalue weighted by molar-refractivity contribution is 6.29. The maximum absolute atomic E-state index is 12.1. The van der Waals surface area contributed by atoms with Crippen LogP contribution in [0, 0.1) is 0 Å². The second-order valence-electron chi connectivity index (χ2n) is 2.14. The van der Waals surface area contributed by atoms with Crippen LogP contribution < -0.4 is 0 Å². The van der Waals surface area contributed by atoms with Crippen LogP contribution >= 0.6 is 11.6 Å². The van der Waals surface area contributed by atoms with Crippen molar-refractivity contribution in [3.8, 4) is 0 Å². The van der Waals surface area contributed by atoms with Gasteiger partial charge in [0.2, 0.25) is 0 Å². The molecule has 1 nitrogen and oxygen atoms in total. The van der Waals surface area contributed by atoms with Crippen molar-refractivity contribution in [1.82, 2.24) is 4.98 Å². The lowest BCUT2D eigenvalue weighted by atomic mass is 10.2. The zero-order chi connectivity index (χ0) is 9.14. The predicted molar refractivity (Wildman–Crippen MR) is 39.0 cm³/mol. The minimum atomic E-state index is -2.71. The van der Waals surface area contributed by atoms with E-state index >= 15 is 0 Å². The van der Waals surface area contributed by atoms with Crippen molar-refractivity contribution in [1.29, 1.82) is 0 Å². The normalized spacial score (nSPS) is 10.8. The van der Waals surface area contributed by atoms with Gasteiger partial charge in [-0.25, -0.2) is 18.2 Å². The summed E-state index contributed by atoms with van der Waals surface area (Å²) in [6.07, 6.45) is -1.69. The van der Waals surface area contributed by atoms with Gasteiger partial charge in [0.25, 0.3) is 6.43 Å². The molecule has 0 aliphatic heterocycles. The summed E-state index contributed by atoms with van der Waals surface area (Å²) in [4.78, 5) is 3.49. The lowest BCUT2D eigenvalue weighted by molar-refractivity contribution is 0.149. The summed E-state index contributed by atoms with van der Waals surface area (Å²) < 4.78 is 36.3. The monoisotopic (exact) mass is 195 g/mol. The van der Waals surface area contributed by atoms with Crippen LogP contribution in [0.4, 0.5) is 13.2 Å².